The molecule has 0 radical (unpaired) electrons. The van der Waals surface area contributed by atoms with Crippen LogP contribution >= 0.6 is 11.8 Å². The smallest absolute Gasteiger partial charge is 0.127 e. The molecular weight excluding hydrogens is 103 g/mol. The van der Waals surface area contributed by atoms with Crippen LogP contribution in [0.5, 0.6) is 0 Å². The zero-order valence-corrected chi connectivity index (χ0v) is 3.61. The topological polar surface area (TPSA) is 39.7 Å². The first-order valence-corrected chi connectivity index (χ1v) is 1.72. The second-order valence-electron chi connectivity index (χ2n) is 0.768. The molecule has 6 heavy (non-hydrogen) atoms. The zero-order chi connectivity index (χ0) is 4.41. The first-order chi connectivity index (χ1) is 2.89. The maximum Gasteiger partial charge on any atom is 0.127 e. The summed E-state index contributed by atoms with van der Waals surface area (Å²) in [6, 6.07) is 0. The molecule has 0 bridgehead atoms. The van der Waals surface area contributed by atoms with Gasteiger partial charge in [-0.1, -0.05) is 0 Å². The van der Waals surface area contributed by atoms with E-state index in [2.05, 4.69) is 16.1 Å². The van der Waals surface area contributed by atoms with E-state index in [1.165, 1.54) is 6.34 Å². The molecule has 1 heterocycles. The van der Waals surface area contributed by atoms with Gasteiger partial charge in [-0.15, -0.1) is 0 Å². The number of nitrogens with zero attached hydrogens (tertiary/aromatic N) is 2. The van der Waals surface area contributed by atoms with E-state index >= 15 is 0 Å². The van der Waals surface area contributed by atoms with Crippen molar-refractivity contribution in [3.8, 4) is 0 Å². The molecule has 0 amide bonds. The van der Waals surface area contributed by atoms with Gasteiger partial charge in [0.25, 0.3) is 0 Å². The van der Waals surface area contributed by atoms with Crippen molar-refractivity contribution in [1.82, 2.24) is 15.6 Å². The van der Waals surface area contributed by atoms with Crippen molar-refractivity contribution >= 4 is 18.1 Å². The Kier molecular flexibility index (Phi) is 0.813. The SMILES string of the molecule is ClN1NC=NN1. The van der Waals surface area contributed by atoms with Gasteiger partial charge in [-0.25, -0.2) is 5.53 Å². The summed E-state index contributed by atoms with van der Waals surface area (Å²) >= 11 is 5.20. The molecular formula is CH3ClN4. The molecule has 0 aromatic rings. The highest BCUT2D eigenvalue weighted by molar-refractivity contribution is 6.13. The fourth-order valence-electron chi connectivity index (χ4n) is 0.188. The van der Waals surface area contributed by atoms with Crippen LogP contribution in [0.1, 0.15) is 0 Å². The van der Waals surface area contributed by atoms with Crippen LogP contribution in [0.4, 0.5) is 0 Å². The first kappa shape index (κ1) is 3.70. The Morgan fingerprint density at radius 3 is 2.83 bits per heavy atom. The highest BCUT2D eigenvalue weighted by Gasteiger charge is 1.95. The van der Waals surface area contributed by atoms with Crippen molar-refractivity contribution in [2.75, 3.05) is 0 Å². The van der Waals surface area contributed by atoms with Crippen LogP contribution in [0.2, 0.25) is 0 Å². The van der Waals surface area contributed by atoms with Gasteiger partial charge in [0, 0.05) is 11.8 Å². The second kappa shape index (κ2) is 1.32. The zero-order valence-electron chi connectivity index (χ0n) is 2.85. The lowest BCUT2D eigenvalue weighted by Crippen LogP contribution is -2.28. The molecule has 0 aromatic carbocycles. The monoisotopic (exact) mass is 106 g/mol. The number of hydrogen-bond acceptors (Lipinski definition) is 4. The number of hydrazine groups is 2. The summed E-state index contributed by atoms with van der Waals surface area (Å²) in [5, 5.41) is 3.47. The Bertz CT molecular complexity index is 61.9. The third-order valence-corrected chi connectivity index (χ3v) is 0.554. The summed E-state index contributed by atoms with van der Waals surface area (Å²) < 4.78 is 1.11. The largest absolute Gasteiger partial charge is 0.274 e. The molecule has 0 atom stereocenters. The molecule has 2 N–H and O–H groups in total. The Labute approximate surface area is 39.8 Å². The van der Waals surface area contributed by atoms with Crippen molar-refractivity contribution < 1.29 is 0 Å². The third kappa shape index (κ3) is 0.526. The summed E-state index contributed by atoms with van der Waals surface area (Å²) in [6.45, 7) is 0. The summed E-state index contributed by atoms with van der Waals surface area (Å²) in [5.74, 6) is 0. The average Bonchev–Trinajstić information content (AvgIpc) is 1.86. The number of halogens is 1. The molecule has 1 aliphatic heterocycles. The van der Waals surface area contributed by atoms with Gasteiger partial charge in [0.15, 0.2) is 0 Å². The van der Waals surface area contributed by atoms with E-state index in [9.17, 15) is 0 Å². The minimum Gasteiger partial charge on any atom is -0.274 e. The molecule has 0 fully saturated rings. The predicted molar refractivity (Wildman–Crippen MR) is 22.5 cm³/mol. The van der Waals surface area contributed by atoms with E-state index in [0.717, 1.165) is 4.64 Å². The van der Waals surface area contributed by atoms with E-state index in [4.69, 9.17) is 11.8 Å². The fraction of sp³-hybridized carbons (Fsp3) is 0. The third-order valence-electron chi connectivity index (χ3n) is 0.381. The van der Waals surface area contributed by atoms with Crippen LogP contribution in [0, 0.1) is 0 Å². The lowest BCUT2D eigenvalue weighted by atomic mass is 11.4. The average molecular weight is 107 g/mol. The number of rotatable bonds is 0. The van der Waals surface area contributed by atoms with Gasteiger partial charge in [0.05, 0.1) is 0 Å². The van der Waals surface area contributed by atoms with Crippen molar-refractivity contribution in [2.24, 2.45) is 5.10 Å². The number of hydrogen-bond donors (Lipinski definition) is 2. The molecule has 34 valence electrons. The normalized spacial score (nSPS) is 20.2. The van der Waals surface area contributed by atoms with Crippen molar-refractivity contribution in [3.05, 3.63) is 0 Å². The Morgan fingerprint density at radius 1 is 1.83 bits per heavy atom. The van der Waals surface area contributed by atoms with Gasteiger partial charge < -0.3 is 0 Å². The maximum atomic E-state index is 5.20. The Morgan fingerprint density at radius 2 is 2.67 bits per heavy atom. The van der Waals surface area contributed by atoms with Crippen LogP contribution in [0.25, 0.3) is 0 Å². The van der Waals surface area contributed by atoms with E-state index in [-0.39, 0.29) is 0 Å². The van der Waals surface area contributed by atoms with Crippen molar-refractivity contribution in [3.63, 3.8) is 0 Å². The summed E-state index contributed by atoms with van der Waals surface area (Å²) in [6.07, 6.45) is 1.44. The molecule has 1 aliphatic rings. The molecule has 5 heteroatoms. The molecule has 0 aliphatic carbocycles. The standard InChI is InChI=1S/CH3ClN4/c2-6-4-1-3-5-6/h1,5H,(H,3,4). The molecule has 4 nitrogen and oxygen atoms in total. The Hall–Kier alpha value is -0.480. The van der Waals surface area contributed by atoms with Gasteiger partial charge in [-0.2, -0.15) is 5.10 Å². The van der Waals surface area contributed by atoms with Crippen LogP contribution in [-0.2, 0) is 0 Å². The summed E-state index contributed by atoms with van der Waals surface area (Å²) in [4.78, 5) is 0. The molecule has 0 saturated heterocycles. The quantitative estimate of drug-likeness (QED) is 0.406. The molecule has 1 rings (SSSR count). The minimum atomic E-state index is 1.11. The van der Waals surface area contributed by atoms with Gasteiger partial charge in [-0.05, 0) is 4.64 Å². The van der Waals surface area contributed by atoms with Crippen LogP contribution in [-0.4, -0.2) is 11.0 Å². The first-order valence-electron chi connectivity index (χ1n) is 1.39. The molecule has 0 saturated carbocycles. The maximum absolute atomic E-state index is 5.20. The van der Waals surface area contributed by atoms with Gasteiger partial charge in [-0.3, -0.25) is 5.43 Å². The second-order valence-corrected chi connectivity index (χ2v) is 1.11. The highest BCUT2D eigenvalue weighted by atomic mass is 35.5. The summed E-state index contributed by atoms with van der Waals surface area (Å²) in [7, 11) is 0. The van der Waals surface area contributed by atoms with Gasteiger partial charge in [0.1, 0.15) is 6.34 Å². The number of nitrogens with one attached hydrogen (secondary N) is 2. The van der Waals surface area contributed by atoms with Gasteiger partial charge >= 0.3 is 0 Å². The Balaban J connectivity index is 2.32. The minimum absolute atomic E-state index is 1.11. The highest BCUT2D eigenvalue weighted by Crippen LogP contribution is 1.81. The van der Waals surface area contributed by atoms with Crippen LogP contribution < -0.4 is 11.0 Å². The van der Waals surface area contributed by atoms with Crippen LogP contribution in [0.3, 0.4) is 0 Å². The van der Waals surface area contributed by atoms with E-state index in [1.807, 2.05) is 0 Å². The van der Waals surface area contributed by atoms with Crippen molar-refractivity contribution in [2.45, 2.75) is 0 Å². The molecule has 0 aromatic heterocycles. The molecule has 0 spiro atoms. The fourth-order valence-corrected chi connectivity index (χ4v) is 0.275. The van der Waals surface area contributed by atoms with Crippen molar-refractivity contribution in [1.29, 1.82) is 0 Å². The lowest BCUT2D eigenvalue weighted by Gasteiger charge is -1.98. The van der Waals surface area contributed by atoms with E-state index in [0.29, 0.717) is 0 Å². The van der Waals surface area contributed by atoms with Gasteiger partial charge in [0.2, 0.25) is 0 Å². The number of hydrazone groups is 1. The molecule has 0 unspecified atom stereocenters. The predicted octanol–water partition coefficient (Wildman–Crippen LogP) is -0.592. The van der Waals surface area contributed by atoms with E-state index < -0.39 is 0 Å². The lowest BCUT2D eigenvalue weighted by molar-refractivity contribution is 0.346. The van der Waals surface area contributed by atoms with E-state index in [1.54, 1.807) is 0 Å². The summed E-state index contributed by atoms with van der Waals surface area (Å²) in [5.41, 5.74) is 4.89. The van der Waals surface area contributed by atoms with Crippen LogP contribution in [0.15, 0.2) is 5.10 Å².